The Bertz CT molecular complexity index is 829. The number of para-hydroxylation sites is 2. The smallest absolute Gasteiger partial charge is 0.420 e. The first-order valence-corrected chi connectivity index (χ1v) is 6.93. The average Bonchev–Trinajstić information content (AvgIpc) is 2.79. The molecule has 2 aromatic carbocycles. The van der Waals surface area contributed by atoms with Crippen LogP contribution in [0.25, 0.3) is 11.1 Å². The van der Waals surface area contributed by atoms with Gasteiger partial charge in [0.15, 0.2) is 5.58 Å². The molecular formula is C17H17NO3. The molecule has 4 heteroatoms. The lowest BCUT2D eigenvalue weighted by Crippen LogP contribution is -2.18. The molecule has 0 unspecified atom stereocenters. The summed E-state index contributed by atoms with van der Waals surface area (Å²) in [5.74, 6) is 0.511. The third-order valence-corrected chi connectivity index (χ3v) is 3.49. The molecule has 0 fully saturated rings. The van der Waals surface area contributed by atoms with E-state index in [1.165, 1.54) is 0 Å². The minimum absolute atomic E-state index is 0.347. The second-order valence-corrected chi connectivity index (χ2v) is 5.10. The molecule has 0 amide bonds. The molecule has 0 N–H and O–H groups in total. The van der Waals surface area contributed by atoms with Crippen molar-refractivity contribution in [2.24, 2.45) is 0 Å². The lowest BCUT2D eigenvalue weighted by Gasteiger charge is -2.10. The quantitative estimate of drug-likeness (QED) is 0.738. The highest BCUT2D eigenvalue weighted by molar-refractivity contribution is 5.72. The van der Waals surface area contributed by atoms with E-state index in [-0.39, 0.29) is 5.76 Å². The van der Waals surface area contributed by atoms with Gasteiger partial charge in [-0.3, -0.25) is 4.57 Å². The normalized spacial score (nSPS) is 11.0. The maximum atomic E-state index is 11.8. The highest BCUT2D eigenvalue weighted by Gasteiger charge is 2.08. The Labute approximate surface area is 122 Å². The van der Waals surface area contributed by atoms with E-state index in [9.17, 15) is 4.79 Å². The summed E-state index contributed by atoms with van der Waals surface area (Å²) < 4.78 is 12.6. The molecule has 0 atom stereocenters. The number of fused-ring (bicyclic) bond motifs is 1. The Balaban J connectivity index is 1.77. The van der Waals surface area contributed by atoms with Crippen molar-refractivity contribution in [3.63, 3.8) is 0 Å². The molecule has 4 nitrogen and oxygen atoms in total. The topological polar surface area (TPSA) is 44.4 Å². The van der Waals surface area contributed by atoms with E-state index in [4.69, 9.17) is 9.15 Å². The number of hydrogen-bond donors (Lipinski definition) is 0. The van der Waals surface area contributed by atoms with Crippen molar-refractivity contribution >= 4 is 11.1 Å². The minimum Gasteiger partial charge on any atom is -0.491 e. The monoisotopic (exact) mass is 283 g/mol. The van der Waals surface area contributed by atoms with Crippen molar-refractivity contribution in [3.05, 3.63) is 64.1 Å². The highest BCUT2D eigenvalue weighted by Crippen LogP contribution is 2.19. The molecule has 1 heterocycles. The summed E-state index contributed by atoms with van der Waals surface area (Å²) in [6.07, 6.45) is 0. The standard InChI is InChI=1S/C17H17NO3/c1-12-7-8-13(2)16(11-12)20-10-9-18-14-5-3-4-6-15(14)21-17(18)19/h3-8,11H,9-10H2,1-2H3. The zero-order valence-corrected chi connectivity index (χ0v) is 12.1. The van der Waals surface area contributed by atoms with E-state index in [1.807, 2.05) is 44.2 Å². The van der Waals surface area contributed by atoms with Crippen LogP contribution in [-0.4, -0.2) is 11.2 Å². The Morgan fingerprint density at radius 1 is 1.14 bits per heavy atom. The maximum Gasteiger partial charge on any atom is 0.420 e. The number of nitrogens with zero attached hydrogens (tertiary/aromatic N) is 1. The van der Waals surface area contributed by atoms with Gasteiger partial charge in [0.05, 0.1) is 12.1 Å². The maximum absolute atomic E-state index is 11.8. The zero-order valence-electron chi connectivity index (χ0n) is 12.1. The molecule has 3 aromatic rings. The molecule has 0 aliphatic carbocycles. The predicted octanol–water partition coefficient (Wildman–Crippen LogP) is 3.29. The summed E-state index contributed by atoms with van der Waals surface area (Å²) in [5, 5.41) is 0. The fourth-order valence-corrected chi connectivity index (χ4v) is 2.34. The first-order chi connectivity index (χ1) is 10.1. The van der Waals surface area contributed by atoms with Crippen LogP contribution < -0.4 is 10.5 Å². The van der Waals surface area contributed by atoms with Crippen molar-refractivity contribution < 1.29 is 9.15 Å². The van der Waals surface area contributed by atoms with E-state index < -0.39 is 0 Å². The van der Waals surface area contributed by atoms with Crippen LogP contribution in [0.3, 0.4) is 0 Å². The van der Waals surface area contributed by atoms with Gasteiger partial charge in [0.25, 0.3) is 0 Å². The van der Waals surface area contributed by atoms with Gasteiger partial charge >= 0.3 is 5.76 Å². The Morgan fingerprint density at radius 3 is 2.81 bits per heavy atom. The number of aryl methyl sites for hydroxylation is 2. The summed E-state index contributed by atoms with van der Waals surface area (Å²) in [5.41, 5.74) is 3.65. The van der Waals surface area contributed by atoms with Crippen molar-refractivity contribution in [2.75, 3.05) is 6.61 Å². The third-order valence-electron chi connectivity index (χ3n) is 3.49. The molecule has 108 valence electrons. The second-order valence-electron chi connectivity index (χ2n) is 5.10. The van der Waals surface area contributed by atoms with Crippen LogP contribution in [0.2, 0.25) is 0 Å². The Morgan fingerprint density at radius 2 is 1.95 bits per heavy atom. The Hall–Kier alpha value is -2.49. The van der Waals surface area contributed by atoms with Gasteiger partial charge in [0.1, 0.15) is 12.4 Å². The summed E-state index contributed by atoms with van der Waals surface area (Å²) in [6, 6.07) is 13.5. The third kappa shape index (κ3) is 2.70. The van der Waals surface area contributed by atoms with Crippen LogP contribution in [0.1, 0.15) is 11.1 Å². The molecule has 0 spiro atoms. The fraction of sp³-hybridized carbons (Fsp3) is 0.235. The molecule has 1 aromatic heterocycles. The SMILES string of the molecule is Cc1ccc(C)c(OCCn2c(=O)oc3ccccc32)c1. The van der Waals surface area contributed by atoms with Gasteiger partial charge in [-0.05, 0) is 43.2 Å². The van der Waals surface area contributed by atoms with E-state index >= 15 is 0 Å². The first-order valence-electron chi connectivity index (χ1n) is 6.93. The Kier molecular flexibility index (Phi) is 3.52. The van der Waals surface area contributed by atoms with Crippen LogP contribution >= 0.6 is 0 Å². The molecule has 0 saturated heterocycles. The van der Waals surface area contributed by atoms with Crippen molar-refractivity contribution in [1.29, 1.82) is 0 Å². The molecule has 0 bridgehead atoms. The predicted molar refractivity (Wildman–Crippen MR) is 81.9 cm³/mol. The first kappa shape index (κ1) is 13.5. The lowest BCUT2D eigenvalue weighted by molar-refractivity contribution is 0.292. The second kappa shape index (κ2) is 5.48. The number of rotatable bonds is 4. The van der Waals surface area contributed by atoms with Gasteiger partial charge < -0.3 is 9.15 Å². The number of oxazole rings is 1. The van der Waals surface area contributed by atoms with Crippen molar-refractivity contribution in [2.45, 2.75) is 20.4 Å². The molecule has 21 heavy (non-hydrogen) atoms. The number of benzene rings is 2. The van der Waals surface area contributed by atoms with E-state index in [0.29, 0.717) is 18.7 Å². The van der Waals surface area contributed by atoms with Gasteiger partial charge in [-0.25, -0.2) is 4.79 Å². The van der Waals surface area contributed by atoms with Crippen LogP contribution in [0.5, 0.6) is 5.75 Å². The van der Waals surface area contributed by atoms with E-state index in [1.54, 1.807) is 10.6 Å². The van der Waals surface area contributed by atoms with Gasteiger partial charge in [0.2, 0.25) is 0 Å². The average molecular weight is 283 g/mol. The number of ether oxygens (including phenoxy) is 1. The molecule has 0 aliphatic heterocycles. The van der Waals surface area contributed by atoms with Crippen LogP contribution in [0.4, 0.5) is 0 Å². The molecular weight excluding hydrogens is 266 g/mol. The van der Waals surface area contributed by atoms with Crippen molar-refractivity contribution in [1.82, 2.24) is 4.57 Å². The molecule has 0 aliphatic rings. The van der Waals surface area contributed by atoms with Gasteiger partial charge in [-0.2, -0.15) is 0 Å². The van der Waals surface area contributed by atoms with Gasteiger partial charge in [0, 0.05) is 0 Å². The minimum atomic E-state index is -0.347. The number of aromatic nitrogens is 1. The van der Waals surface area contributed by atoms with Crippen molar-refractivity contribution in [3.8, 4) is 5.75 Å². The highest BCUT2D eigenvalue weighted by atomic mass is 16.5. The van der Waals surface area contributed by atoms with Gasteiger partial charge in [-0.1, -0.05) is 24.3 Å². The van der Waals surface area contributed by atoms with Crippen LogP contribution in [-0.2, 0) is 6.54 Å². The number of hydrogen-bond acceptors (Lipinski definition) is 3. The summed E-state index contributed by atoms with van der Waals surface area (Å²) in [7, 11) is 0. The zero-order chi connectivity index (χ0) is 14.8. The molecule has 0 saturated carbocycles. The van der Waals surface area contributed by atoms with Crippen LogP contribution in [0, 0.1) is 13.8 Å². The molecule has 0 radical (unpaired) electrons. The lowest BCUT2D eigenvalue weighted by atomic mass is 10.1. The largest absolute Gasteiger partial charge is 0.491 e. The van der Waals surface area contributed by atoms with Gasteiger partial charge in [-0.15, -0.1) is 0 Å². The van der Waals surface area contributed by atoms with Crippen LogP contribution in [0.15, 0.2) is 51.7 Å². The van der Waals surface area contributed by atoms with E-state index in [0.717, 1.165) is 22.4 Å². The summed E-state index contributed by atoms with van der Waals surface area (Å²) in [4.78, 5) is 11.8. The summed E-state index contributed by atoms with van der Waals surface area (Å²) >= 11 is 0. The fourth-order valence-electron chi connectivity index (χ4n) is 2.34. The molecule has 3 rings (SSSR count). The van der Waals surface area contributed by atoms with E-state index in [2.05, 4.69) is 6.07 Å². The summed E-state index contributed by atoms with van der Waals surface area (Å²) in [6.45, 7) is 4.92.